The lowest BCUT2D eigenvalue weighted by Gasteiger charge is -2.74. The monoisotopic (exact) mass is 412 g/mol. The van der Waals surface area contributed by atoms with Gasteiger partial charge in [-0.1, -0.05) is 61.8 Å². The predicted octanol–water partition coefficient (Wildman–Crippen LogP) is 9.28. The molecule has 0 unspecified atom stereocenters. The Bertz CT molecular complexity index is 701. The van der Waals surface area contributed by atoms with E-state index in [1.165, 1.54) is 77.0 Å². The molecular formula is C30H52. The summed E-state index contributed by atoms with van der Waals surface area (Å²) < 4.78 is 0. The van der Waals surface area contributed by atoms with Gasteiger partial charge < -0.3 is 0 Å². The van der Waals surface area contributed by atoms with E-state index >= 15 is 0 Å². The minimum atomic E-state index is 0.560. The molecule has 5 aliphatic carbocycles. The van der Waals surface area contributed by atoms with Gasteiger partial charge in [-0.15, -0.1) is 0 Å². The molecule has 0 aromatic heterocycles. The summed E-state index contributed by atoms with van der Waals surface area (Å²) in [7, 11) is 0. The Kier molecular flexibility index (Phi) is 4.59. The molecule has 5 fully saturated rings. The molecule has 0 amide bonds. The minimum absolute atomic E-state index is 0.560. The standard InChI is InChI=1S/C30H52/c1-25(2)18-19-27(5)21(20-25)12-16-29(7)23(27)10-11-24-28(6)15-9-14-26(3,4)22(28)13-17-30(24,29)8/h21-24H,9-20H2,1-8H3/t21-,22+,23+,24+,27-,28+,29+,30+/m1/s1. The molecule has 0 N–H and O–H groups in total. The van der Waals surface area contributed by atoms with Crippen LogP contribution in [0.25, 0.3) is 0 Å². The first-order valence-corrected chi connectivity index (χ1v) is 13.8. The van der Waals surface area contributed by atoms with Gasteiger partial charge in [0.1, 0.15) is 0 Å². The van der Waals surface area contributed by atoms with Gasteiger partial charge in [0.2, 0.25) is 0 Å². The van der Waals surface area contributed by atoms with E-state index in [0.29, 0.717) is 32.5 Å². The Morgan fingerprint density at radius 1 is 0.500 bits per heavy atom. The summed E-state index contributed by atoms with van der Waals surface area (Å²) in [5, 5.41) is 0. The zero-order valence-corrected chi connectivity index (χ0v) is 21.8. The average molecular weight is 413 g/mol. The van der Waals surface area contributed by atoms with E-state index in [9.17, 15) is 0 Å². The van der Waals surface area contributed by atoms with Crippen molar-refractivity contribution in [1.82, 2.24) is 0 Å². The highest BCUT2D eigenvalue weighted by molar-refractivity contribution is 5.18. The van der Waals surface area contributed by atoms with Crippen molar-refractivity contribution >= 4 is 0 Å². The molecule has 0 saturated heterocycles. The molecule has 0 radical (unpaired) electrons. The molecule has 172 valence electrons. The summed E-state index contributed by atoms with van der Waals surface area (Å²) in [6.07, 6.45) is 18.0. The van der Waals surface area contributed by atoms with Crippen molar-refractivity contribution in [2.24, 2.45) is 56.2 Å². The normalized spacial score (nSPS) is 56.8. The smallest absolute Gasteiger partial charge is 0.0235 e. The van der Waals surface area contributed by atoms with Gasteiger partial charge >= 0.3 is 0 Å². The van der Waals surface area contributed by atoms with Gasteiger partial charge in [-0.25, -0.2) is 0 Å². The van der Waals surface area contributed by atoms with Crippen molar-refractivity contribution < 1.29 is 0 Å². The van der Waals surface area contributed by atoms with E-state index in [2.05, 4.69) is 55.4 Å². The Balaban J connectivity index is 1.52. The molecule has 0 aliphatic heterocycles. The average Bonchev–Trinajstić information content (AvgIpc) is 2.62. The van der Waals surface area contributed by atoms with Crippen LogP contribution in [0.3, 0.4) is 0 Å². The van der Waals surface area contributed by atoms with Crippen LogP contribution in [0.4, 0.5) is 0 Å². The van der Waals surface area contributed by atoms with Crippen molar-refractivity contribution in [3.8, 4) is 0 Å². The van der Waals surface area contributed by atoms with Crippen LogP contribution in [0.5, 0.6) is 0 Å². The Morgan fingerprint density at radius 3 is 1.77 bits per heavy atom. The van der Waals surface area contributed by atoms with Gasteiger partial charge in [-0.2, -0.15) is 0 Å². The van der Waals surface area contributed by atoms with Crippen LogP contribution in [0.1, 0.15) is 132 Å². The largest absolute Gasteiger partial charge is 0.0599 e. The molecule has 5 aliphatic rings. The van der Waals surface area contributed by atoms with Gasteiger partial charge in [-0.05, 0) is 127 Å². The fraction of sp³-hybridized carbons (Fsp3) is 1.00. The summed E-state index contributed by atoms with van der Waals surface area (Å²) in [6.45, 7) is 21.5. The Hall–Kier alpha value is 0. The number of rotatable bonds is 0. The topological polar surface area (TPSA) is 0 Å². The molecule has 0 bridgehead atoms. The lowest BCUT2D eigenvalue weighted by molar-refractivity contribution is -0.250. The fourth-order valence-electron chi connectivity index (χ4n) is 11.7. The van der Waals surface area contributed by atoms with Crippen LogP contribution in [-0.4, -0.2) is 0 Å². The third-order valence-corrected chi connectivity index (χ3v) is 13.5. The Morgan fingerprint density at radius 2 is 1.10 bits per heavy atom. The van der Waals surface area contributed by atoms with Gasteiger partial charge in [0.15, 0.2) is 0 Å². The molecule has 0 spiro atoms. The summed E-state index contributed by atoms with van der Waals surface area (Å²) in [4.78, 5) is 0. The number of hydrogen-bond donors (Lipinski definition) is 0. The van der Waals surface area contributed by atoms with Gasteiger partial charge in [0, 0.05) is 0 Å². The lowest BCUT2D eigenvalue weighted by Crippen LogP contribution is -2.66. The second-order valence-corrected chi connectivity index (χ2v) is 15.6. The third kappa shape index (κ3) is 2.64. The van der Waals surface area contributed by atoms with Gasteiger partial charge in [-0.3, -0.25) is 0 Å². The quantitative estimate of drug-likeness (QED) is 0.372. The van der Waals surface area contributed by atoms with Crippen LogP contribution in [0.2, 0.25) is 0 Å². The molecular weight excluding hydrogens is 360 g/mol. The van der Waals surface area contributed by atoms with Crippen LogP contribution < -0.4 is 0 Å². The zero-order chi connectivity index (χ0) is 21.8. The van der Waals surface area contributed by atoms with Crippen LogP contribution >= 0.6 is 0 Å². The highest BCUT2D eigenvalue weighted by Crippen LogP contribution is 2.77. The first kappa shape index (κ1) is 21.8. The molecule has 0 aromatic rings. The number of hydrogen-bond acceptors (Lipinski definition) is 0. The fourth-order valence-corrected chi connectivity index (χ4v) is 11.7. The maximum Gasteiger partial charge on any atom is -0.0235 e. The summed E-state index contributed by atoms with van der Waals surface area (Å²) in [5.41, 5.74) is 3.48. The highest BCUT2D eigenvalue weighted by atomic mass is 14.7. The second kappa shape index (κ2) is 6.32. The van der Waals surface area contributed by atoms with E-state index in [1.54, 1.807) is 0 Å². The van der Waals surface area contributed by atoms with E-state index < -0.39 is 0 Å². The highest BCUT2D eigenvalue weighted by Gasteiger charge is 2.69. The van der Waals surface area contributed by atoms with Crippen molar-refractivity contribution in [2.45, 2.75) is 132 Å². The van der Waals surface area contributed by atoms with Crippen LogP contribution in [0, 0.1) is 56.2 Å². The molecule has 5 rings (SSSR count). The van der Waals surface area contributed by atoms with E-state index in [-0.39, 0.29) is 0 Å². The van der Waals surface area contributed by atoms with E-state index in [1.807, 2.05) is 0 Å². The molecule has 5 saturated carbocycles. The van der Waals surface area contributed by atoms with E-state index in [4.69, 9.17) is 0 Å². The van der Waals surface area contributed by atoms with Gasteiger partial charge in [0.05, 0.1) is 0 Å². The van der Waals surface area contributed by atoms with Crippen molar-refractivity contribution in [2.75, 3.05) is 0 Å². The van der Waals surface area contributed by atoms with Crippen LogP contribution in [0.15, 0.2) is 0 Å². The summed E-state index contributed by atoms with van der Waals surface area (Å²) in [6, 6.07) is 0. The Labute approximate surface area is 188 Å². The first-order valence-electron chi connectivity index (χ1n) is 13.8. The zero-order valence-electron chi connectivity index (χ0n) is 21.8. The van der Waals surface area contributed by atoms with Crippen LogP contribution in [-0.2, 0) is 0 Å². The lowest BCUT2D eigenvalue weighted by atomic mass is 9.31. The number of fused-ring (bicyclic) bond motifs is 7. The predicted molar refractivity (Wildman–Crippen MR) is 129 cm³/mol. The van der Waals surface area contributed by atoms with Crippen molar-refractivity contribution in [3.63, 3.8) is 0 Å². The van der Waals surface area contributed by atoms with Crippen molar-refractivity contribution in [3.05, 3.63) is 0 Å². The molecule has 0 aromatic carbocycles. The molecule has 0 nitrogen and oxygen atoms in total. The van der Waals surface area contributed by atoms with E-state index in [0.717, 1.165) is 23.7 Å². The summed E-state index contributed by atoms with van der Waals surface area (Å²) in [5.74, 6) is 3.88. The summed E-state index contributed by atoms with van der Waals surface area (Å²) >= 11 is 0. The maximum absolute atomic E-state index is 2.81. The molecule has 0 heteroatoms. The van der Waals surface area contributed by atoms with Crippen molar-refractivity contribution in [1.29, 1.82) is 0 Å². The maximum atomic E-state index is 2.81. The SMILES string of the molecule is CC1(C)CC[C@]2(C)[C@H](CC[C@@]3(C)[C@H]2CC[C@H]2[C@@]4(C)CCCC(C)(C)[C@@H]4CC[C@@]23C)C1. The second-order valence-electron chi connectivity index (χ2n) is 15.6. The molecule has 0 heterocycles. The molecule has 8 atom stereocenters. The third-order valence-electron chi connectivity index (χ3n) is 13.5. The van der Waals surface area contributed by atoms with Gasteiger partial charge in [0.25, 0.3) is 0 Å². The molecule has 30 heavy (non-hydrogen) atoms. The first-order chi connectivity index (χ1) is 13.8. The minimum Gasteiger partial charge on any atom is -0.0599 e.